The predicted molar refractivity (Wildman–Crippen MR) is 89.0 cm³/mol. The number of hydrogen-bond donors (Lipinski definition) is 1. The van der Waals surface area contributed by atoms with Crippen LogP contribution in [0.15, 0.2) is 30.6 Å². The number of anilines is 1. The van der Waals surface area contributed by atoms with E-state index in [4.69, 9.17) is 22.4 Å². The molecule has 2 heterocycles. The molecule has 0 aliphatic heterocycles. The number of fused-ring (bicyclic) bond motifs is 1. The number of nitrogens with two attached hydrogens (primary N) is 1. The Morgan fingerprint density at radius 3 is 2.59 bits per heavy atom. The van der Waals surface area contributed by atoms with Crippen molar-refractivity contribution in [3.63, 3.8) is 0 Å². The highest BCUT2D eigenvalue weighted by molar-refractivity contribution is 6.31. The summed E-state index contributed by atoms with van der Waals surface area (Å²) in [5.74, 6) is 0.447. The summed E-state index contributed by atoms with van der Waals surface area (Å²) in [5, 5.41) is 6.26. The van der Waals surface area contributed by atoms with Gasteiger partial charge < -0.3 is 5.73 Å². The largest absolute Gasteiger partial charge is 0.383 e. The molecule has 2 N–H and O–H groups in total. The van der Waals surface area contributed by atoms with Gasteiger partial charge in [0.05, 0.1) is 16.6 Å². The summed E-state index contributed by atoms with van der Waals surface area (Å²) < 4.78 is 1.90. The first-order valence-corrected chi connectivity index (χ1v) is 7.47. The average Bonchev–Trinajstić information content (AvgIpc) is 2.82. The van der Waals surface area contributed by atoms with Crippen LogP contribution >= 0.6 is 11.6 Å². The molecule has 0 saturated heterocycles. The zero-order chi connectivity index (χ0) is 15.9. The number of aromatic nitrogens is 4. The molecule has 0 aliphatic rings. The number of nitrogen functional groups attached to an aromatic ring is 1. The Labute approximate surface area is 134 Å². The van der Waals surface area contributed by atoms with Crippen molar-refractivity contribution in [2.24, 2.45) is 0 Å². The van der Waals surface area contributed by atoms with Gasteiger partial charge in [0.25, 0.3) is 0 Å². The maximum atomic E-state index is 6.26. The van der Waals surface area contributed by atoms with Gasteiger partial charge in [0.2, 0.25) is 0 Å². The van der Waals surface area contributed by atoms with Crippen molar-refractivity contribution in [3.8, 4) is 0 Å². The Kier molecular flexibility index (Phi) is 3.53. The van der Waals surface area contributed by atoms with Crippen LogP contribution in [-0.4, -0.2) is 19.7 Å². The van der Waals surface area contributed by atoms with Crippen LogP contribution in [0.25, 0.3) is 11.0 Å². The maximum Gasteiger partial charge on any atom is 0.164 e. The van der Waals surface area contributed by atoms with E-state index in [1.807, 2.05) is 28.9 Å². The van der Waals surface area contributed by atoms with Crippen LogP contribution in [0.5, 0.6) is 0 Å². The van der Waals surface area contributed by atoms with Gasteiger partial charge in [0.15, 0.2) is 5.65 Å². The van der Waals surface area contributed by atoms with Crippen LogP contribution in [-0.2, 0) is 12.0 Å². The minimum atomic E-state index is -0.197. The second-order valence-electron chi connectivity index (χ2n) is 6.26. The summed E-state index contributed by atoms with van der Waals surface area (Å²) >= 11 is 6.26. The monoisotopic (exact) mass is 315 g/mol. The number of halogens is 1. The molecule has 5 nitrogen and oxygen atoms in total. The molecule has 0 amide bonds. The Bertz CT molecular complexity index is 832. The topological polar surface area (TPSA) is 69.6 Å². The molecule has 6 heteroatoms. The van der Waals surface area contributed by atoms with Crippen LogP contribution in [0, 0.1) is 0 Å². The fourth-order valence-corrected chi connectivity index (χ4v) is 2.66. The zero-order valence-corrected chi connectivity index (χ0v) is 13.6. The third-order valence-electron chi connectivity index (χ3n) is 3.52. The summed E-state index contributed by atoms with van der Waals surface area (Å²) in [6.45, 7) is 6.24. The summed E-state index contributed by atoms with van der Waals surface area (Å²) in [6.07, 6.45) is 2.07. The molecule has 0 unspecified atom stereocenters. The molecule has 0 bridgehead atoms. The molecule has 0 radical (unpaired) electrons. The van der Waals surface area contributed by atoms with Crippen LogP contribution in [0.1, 0.15) is 32.0 Å². The van der Waals surface area contributed by atoms with Crippen molar-refractivity contribution in [1.29, 1.82) is 0 Å². The van der Waals surface area contributed by atoms with E-state index >= 15 is 0 Å². The van der Waals surface area contributed by atoms with E-state index in [0.29, 0.717) is 12.2 Å². The van der Waals surface area contributed by atoms with Gasteiger partial charge in [0.1, 0.15) is 12.1 Å². The molecule has 2 aromatic heterocycles. The lowest BCUT2D eigenvalue weighted by atomic mass is 10.1. The molecule has 0 aliphatic carbocycles. The number of nitrogens with zero attached hydrogens (tertiary/aromatic N) is 4. The first kappa shape index (κ1) is 14.8. The van der Waals surface area contributed by atoms with E-state index in [0.717, 1.165) is 27.3 Å². The van der Waals surface area contributed by atoms with Gasteiger partial charge in [0, 0.05) is 11.4 Å². The number of benzene rings is 1. The van der Waals surface area contributed by atoms with Gasteiger partial charge in [-0.1, -0.05) is 29.8 Å². The quantitative estimate of drug-likeness (QED) is 0.786. The standard InChI is InChI=1S/C16H18ClN5/c1-16(2,3)22-15-13(14(18)19-9-20-15)12(21-22)8-10-6-4-5-7-11(10)17/h4-7,9H,8H2,1-3H3,(H2,18,19,20). The van der Waals surface area contributed by atoms with Crippen LogP contribution in [0.3, 0.4) is 0 Å². The Hall–Kier alpha value is -2.14. The average molecular weight is 316 g/mol. The van der Waals surface area contributed by atoms with E-state index in [2.05, 4.69) is 30.7 Å². The molecule has 0 fully saturated rings. The fourth-order valence-electron chi connectivity index (χ4n) is 2.46. The van der Waals surface area contributed by atoms with E-state index < -0.39 is 0 Å². The second-order valence-corrected chi connectivity index (χ2v) is 6.66. The molecule has 3 aromatic rings. The van der Waals surface area contributed by atoms with Gasteiger partial charge in [-0.15, -0.1) is 0 Å². The minimum Gasteiger partial charge on any atom is -0.383 e. The lowest BCUT2D eigenvalue weighted by molar-refractivity contribution is 0.363. The van der Waals surface area contributed by atoms with E-state index in [-0.39, 0.29) is 5.54 Å². The van der Waals surface area contributed by atoms with Crippen molar-refractivity contribution < 1.29 is 0 Å². The summed E-state index contributed by atoms with van der Waals surface area (Å²) in [5.41, 5.74) is 8.47. The lowest BCUT2D eigenvalue weighted by Gasteiger charge is -2.19. The van der Waals surface area contributed by atoms with Crippen molar-refractivity contribution >= 4 is 28.5 Å². The molecule has 1 aromatic carbocycles. The third kappa shape index (κ3) is 2.52. The number of rotatable bonds is 2. The fraction of sp³-hybridized carbons (Fsp3) is 0.312. The van der Waals surface area contributed by atoms with E-state index in [1.165, 1.54) is 6.33 Å². The first-order valence-electron chi connectivity index (χ1n) is 7.10. The summed E-state index contributed by atoms with van der Waals surface area (Å²) in [6, 6.07) is 7.74. The van der Waals surface area contributed by atoms with Crippen molar-refractivity contribution in [3.05, 3.63) is 46.9 Å². The van der Waals surface area contributed by atoms with Crippen LogP contribution in [0.4, 0.5) is 5.82 Å². The van der Waals surface area contributed by atoms with E-state index in [1.54, 1.807) is 0 Å². The van der Waals surface area contributed by atoms with E-state index in [9.17, 15) is 0 Å². The molecular formula is C16H18ClN5. The molecule has 22 heavy (non-hydrogen) atoms. The van der Waals surface area contributed by atoms with Crippen molar-refractivity contribution in [2.75, 3.05) is 5.73 Å². The SMILES string of the molecule is CC(C)(C)n1nc(Cc2ccccc2Cl)c2c(N)ncnc21. The first-order chi connectivity index (χ1) is 10.4. The summed E-state index contributed by atoms with van der Waals surface area (Å²) in [7, 11) is 0. The smallest absolute Gasteiger partial charge is 0.164 e. The molecule has 3 rings (SSSR count). The normalized spacial score (nSPS) is 12.0. The Morgan fingerprint density at radius 1 is 1.18 bits per heavy atom. The van der Waals surface area contributed by atoms with Crippen molar-refractivity contribution in [1.82, 2.24) is 19.7 Å². The Morgan fingerprint density at radius 2 is 1.91 bits per heavy atom. The van der Waals surface area contributed by atoms with Crippen molar-refractivity contribution in [2.45, 2.75) is 32.7 Å². The maximum absolute atomic E-state index is 6.26. The lowest BCUT2D eigenvalue weighted by Crippen LogP contribution is -2.23. The molecule has 0 atom stereocenters. The van der Waals surface area contributed by atoms with Crippen LogP contribution < -0.4 is 5.73 Å². The highest BCUT2D eigenvalue weighted by atomic mass is 35.5. The minimum absolute atomic E-state index is 0.197. The molecule has 0 spiro atoms. The predicted octanol–water partition coefficient (Wildman–Crippen LogP) is 3.41. The second kappa shape index (κ2) is 5.25. The molecule has 0 saturated carbocycles. The highest BCUT2D eigenvalue weighted by Crippen LogP contribution is 2.29. The van der Waals surface area contributed by atoms with Gasteiger partial charge in [-0.25, -0.2) is 14.6 Å². The van der Waals surface area contributed by atoms with Crippen LogP contribution in [0.2, 0.25) is 5.02 Å². The molecule has 114 valence electrons. The third-order valence-corrected chi connectivity index (χ3v) is 3.89. The zero-order valence-electron chi connectivity index (χ0n) is 12.8. The van der Waals surface area contributed by atoms with Gasteiger partial charge >= 0.3 is 0 Å². The molecular weight excluding hydrogens is 298 g/mol. The van der Waals surface area contributed by atoms with Gasteiger partial charge in [-0.05, 0) is 32.4 Å². The highest BCUT2D eigenvalue weighted by Gasteiger charge is 2.23. The van der Waals surface area contributed by atoms with Gasteiger partial charge in [-0.3, -0.25) is 0 Å². The summed E-state index contributed by atoms with van der Waals surface area (Å²) in [4.78, 5) is 8.48. The Balaban J connectivity index is 2.20. The van der Waals surface area contributed by atoms with Gasteiger partial charge in [-0.2, -0.15) is 5.10 Å². The number of hydrogen-bond acceptors (Lipinski definition) is 4.